The number of phenols is 1. The normalized spacial score (nSPS) is 19.2. The van der Waals surface area contributed by atoms with Crippen molar-refractivity contribution in [2.45, 2.75) is 45.1 Å². The molecule has 1 aromatic carbocycles. The van der Waals surface area contributed by atoms with E-state index in [0.717, 1.165) is 15.6 Å². The molecule has 2 nitrogen and oxygen atoms in total. The Balaban J connectivity index is 2.29. The average molecular weight is 298 g/mol. The van der Waals surface area contributed by atoms with Crippen molar-refractivity contribution in [3.63, 3.8) is 0 Å². The van der Waals surface area contributed by atoms with Crippen LogP contribution in [0.3, 0.4) is 0 Å². The molecule has 0 bridgehead atoms. The molecule has 0 radical (unpaired) electrons. The van der Waals surface area contributed by atoms with Gasteiger partial charge in [-0.15, -0.1) is 0 Å². The lowest BCUT2D eigenvalue weighted by Crippen LogP contribution is -2.24. The number of hydrogen-bond donors (Lipinski definition) is 2. The van der Waals surface area contributed by atoms with Gasteiger partial charge in [0.15, 0.2) is 0 Å². The Bertz CT molecular complexity index is 399. The predicted molar refractivity (Wildman–Crippen MR) is 74.0 cm³/mol. The molecule has 1 atom stereocenters. The smallest absolute Gasteiger partial charge is 0.124 e. The molecule has 94 valence electrons. The van der Waals surface area contributed by atoms with Crippen LogP contribution in [-0.4, -0.2) is 5.11 Å². The minimum absolute atomic E-state index is 0.0513. The highest BCUT2D eigenvalue weighted by atomic mass is 79.9. The second-order valence-electron chi connectivity index (χ2n) is 5.05. The van der Waals surface area contributed by atoms with Crippen LogP contribution in [0.5, 0.6) is 5.75 Å². The van der Waals surface area contributed by atoms with Crippen molar-refractivity contribution in [1.29, 1.82) is 0 Å². The lowest BCUT2D eigenvalue weighted by Gasteiger charge is -2.29. The Labute approximate surface area is 111 Å². The van der Waals surface area contributed by atoms with Crippen LogP contribution >= 0.6 is 15.9 Å². The minimum atomic E-state index is -0.0513. The number of benzene rings is 1. The number of rotatable bonds is 2. The van der Waals surface area contributed by atoms with E-state index in [1.807, 2.05) is 19.1 Å². The number of halogens is 1. The number of nitrogens with two attached hydrogens (primary N) is 1. The third-order valence-electron chi connectivity index (χ3n) is 3.86. The molecule has 0 amide bonds. The molecule has 1 saturated carbocycles. The number of aryl methyl sites for hydroxylation is 1. The van der Waals surface area contributed by atoms with Gasteiger partial charge in [0.25, 0.3) is 0 Å². The van der Waals surface area contributed by atoms with Gasteiger partial charge in [-0.2, -0.15) is 0 Å². The van der Waals surface area contributed by atoms with Crippen molar-refractivity contribution >= 4 is 15.9 Å². The highest BCUT2D eigenvalue weighted by Crippen LogP contribution is 2.40. The number of phenolic OH excluding ortho intramolecular Hbond substituents is 1. The fourth-order valence-electron chi connectivity index (χ4n) is 2.74. The second-order valence-corrected chi connectivity index (χ2v) is 5.90. The third-order valence-corrected chi connectivity index (χ3v) is 4.55. The molecule has 0 aliphatic heterocycles. The van der Waals surface area contributed by atoms with Crippen LogP contribution in [0.15, 0.2) is 16.6 Å². The summed E-state index contributed by atoms with van der Waals surface area (Å²) in [5.41, 5.74) is 8.13. The summed E-state index contributed by atoms with van der Waals surface area (Å²) >= 11 is 3.51. The van der Waals surface area contributed by atoms with Crippen molar-refractivity contribution in [3.8, 4) is 5.75 Å². The fraction of sp³-hybridized carbons (Fsp3) is 0.571. The third kappa shape index (κ3) is 2.66. The van der Waals surface area contributed by atoms with Gasteiger partial charge >= 0.3 is 0 Å². The summed E-state index contributed by atoms with van der Waals surface area (Å²) in [5, 5.41) is 10.2. The van der Waals surface area contributed by atoms with Crippen LogP contribution in [0.2, 0.25) is 0 Å². The van der Waals surface area contributed by atoms with E-state index in [0.29, 0.717) is 11.7 Å². The zero-order chi connectivity index (χ0) is 12.4. The summed E-state index contributed by atoms with van der Waals surface area (Å²) in [6.07, 6.45) is 6.22. The van der Waals surface area contributed by atoms with Crippen molar-refractivity contribution in [1.82, 2.24) is 0 Å². The van der Waals surface area contributed by atoms with Gasteiger partial charge in [0, 0.05) is 16.1 Å². The van der Waals surface area contributed by atoms with E-state index < -0.39 is 0 Å². The SMILES string of the molecule is Cc1ccc(Br)c([C@H](N)C2CCCCC2)c1O. The molecular formula is C14H20BrNO. The van der Waals surface area contributed by atoms with Crippen LogP contribution in [0.25, 0.3) is 0 Å². The molecule has 1 fully saturated rings. The first-order valence-electron chi connectivity index (χ1n) is 6.35. The maximum atomic E-state index is 10.2. The summed E-state index contributed by atoms with van der Waals surface area (Å²) in [6.45, 7) is 1.92. The van der Waals surface area contributed by atoms with E-state index in [1.54, 1.807) is 0 Å². The molecule has 0 spiro atoms. The summed E-state index contributed by atoms with van der Waals surface area (Å²) in [7, 11) is 0. The van der Waals surface area contributed by atoms with Crippen molar-refractivity contribution < 1.29 is 5.11 Å². The van der Waals surface area contributed by atoms with Gasteiger partial charge in [0.1, 0.15) is 5.75 Å². The first-order chi connectivity index (χ1) is 8.11. The lowest BCUT2D eigenvalue weighted by atomic mass is 9.81. The molecule has 3 heteroatoms. The quantitative estimate of drug-likeness (QED) is 0.865. The highest BCUT2D eigenvalue weighted by molar-refractivity contribution is 9.10. The van der Waals surface area contributed by atoms with Gasteiger partial charge in [-0.05, 0) is 37.3 Å². The van der Waals surface area contributed by atoms with Gasteiger partial charge in [-0.1, -0.05) is 41.3 Å². The van der Waals surface area contributed by atoms with E-state index >= 15 is 0 Å². The fourth-order valence-corrected chi connectivity index (χ4v) is 3.32. The Hall–Kier alpha value is -0.540. The Morgan fingerprint density at radius 3 is 2.59 bits per heavy atom. The molecule has 1 aliphatic rings. The molecule has 0 aromatic heterocycles. The Morgan fingerprint density at radius 2 is 1.94 bits per heavy atom. The van der Waals surface area contributed by atoms with Gasteiger partial charge in [0.2, 0.25) is 0 Å². The largest absolute Gasteiger partial charge is 0.507 e. The van der Waals surface area contributed by atoms with E-state index in [4.69, 9.17) is 5.73 Å². The first kappa shape index (κ1) is 12.9. The summed E-state index contributed by atoms with van der Waals surface area (Å²) in [5.74, 6) is 0.866. The highest BCUT2D eigenvalue weighted by Gasteiger charge is 2.26. The summed E-state index contributed by atoms with van der Waals surface area (Å²) in [4.78, 5) is 0. The maximum absolute atomic E-state index is 10.2. The summed E-state index contributed by atoms with van der Waals surface area (Å²) < 4.78 is 0.929. The van der Waals surface area contributed by atoms with Crippen LogP contribution < -0.4 is 5.73 Å². The zero-order valence-electron chi connectivity index (χ0n) is 10.2. The molecule has 2 rings (SSSR count). The lowest BCUT2D eigenvalue weighted by molar-refractivity contribution is 0.302. The second kappa shape index (κ2) is 5.40. The zero-order valence-corrected chi connectivity index (χ0v) is 11.8. The maximum Gasteiger partial charge on any atom is 0.124 e. The molecule has 0 saturated heterocycles. The predicted octanol–water partition coefficient (Wildman–Crippen LogP) is 4.04. The van der Waals surface area contributed by atoms with Crippen molar-refractivity contribution in [2.24, 2.45) is 11.7 Å². The van der Waals surface area contributed by atoms with Gasteiger partial charge in [0.05, 0.1) is 0 Å². The standard InChI is InChI=1S/C14H20BrNO/c1-9-7-8-11(15)12(14(9)17)13(16)10-5-3-2-4-6-10/h7-8,10,13,17H,2-6,16H2,1H3/t13-/m1/s1. The van der Waals surface area contributed by atoms with Gasteiger partial charge in [-0.25, -0.2) is 0 Å². The number of aromatic hydroxyl groups is 1. The van der Waals surface area contributed by atoms with Gasteiger partial charge < -0.3 is 10.8 Å². The van der Waals surface area contributed by atoms with Crippen molar-refractivity contribution in [3.05, 3.63) is 27.7 Å². The molecule has 0 unspecified atom stereocenters. The topological polar surface area (TPSA) is 46.2 Å². The Kier molecular flexibility index (Phi) is 4.10. The monoisotopic (exact) mass is 297 g/mol. The van der Waals surface area contributed by atoms with Crippen LogP contribution in [-0.2, 0) is 0 Å². The van der Waals surface area contributed by atoms with Crippen molar-refractivity contribution in [2.75, 3.05) is 0 Å². The Morgan fingerprint density at radius 1 is 1.29 bits per heavy atom. The average Bonchev–Trinajstić information content (AvgIpc) is 2.35. The van der Waals surface area contributed by atoms with E-state index in [2.05, 4.69) is 15.9 Å². The number of hydrogen-bond acceptors (Lipinski definition) is 2. The molecule has 0 heterocycles. The molecule has 17 heavy (non-hydrogen) atoms. The molecular weight excluding hydrogens is 278 g/mol. The molecule has 1 aromatic rings. The van der Waals surface area contributed by atoms with Crippen LogP contribution in [0.4, 0.5) is 0 Å². The first-order valence-corrected chi connectivity index (χ1v) is 7.14. The summed E-state index contributed by atoms with van der Waals surface area (Å²) in [6, 6.07) is 3.84. The van der Waals surface area contributed by atoms with E-state index in [1.165, 1.54) is 32.1 Å². The van der Waals surface area contributed by atoms with Crippen LogP contribution in [0.1, 0.15) is 49.3 Å². The van der Waals surface area contributed by atoms with Gasteiger partial charge in [-0.3, -0.25) is 0 Å². The van der Waals surface area contributed by atoms with E-state index in [-0.39, 0.29) is 6.04 Å². The molecule has 3 N–H and O–H groups in total. The van der Waals surface area contributed by atoms with E-state index in [9.17, 15) is 5.11 Å². The minimum Gasteiger partial charge on any atom is -0.507 e. The van der Waals surface area contributed by atoms with Crippen LogP contribution in [0, 0.1) is 12.8 Å². The molecule has 1 aliphatic carbocycles.